The summed E-state index contributed by atoms with van der Waals surface area (Å²) in [4.78, 5) is 12.7. The van der Waals surface area contributed by atoms with Crippen LogP contribution >= 0.6 is 12.4 Å². The third kappa shape index (κ3) is 4.91. The Hall–Kier alpha value is -2.18. The van der Waals surface area contributed by atoms with E-state index in [2.05, 4.69) is 76.2 Å². The second kappa shape index (κ2) is 10.6. The normalized spacial score (nSPS) is 18.0. The molecule has 0 amide bonds. The van der Waals surface area contributed by atoms with Gasteiger partial charge in [-0.2, -0.15) is 0 Å². The summed E-state index contributed by atoms with van der Waals surface area (Å²) in [5.74, 6) is 1.13. The van der Waals surface area contributed by atoms with Crippen LogP contribution in [0.3, 0.4) is 0 Å². The fourth-order valence-corrected chi connectivity index (χ4v) is 4.74. The molecule has 5 rings (SSSR count). The molecule has 6 heteroatoms. The van der Waals surface area contributed by atoms with E-state index in [0.29, 0.717) is 0 Å². The number of piperazine rings is 1. The molecule has 2 saturated heterocycles. The van der Waals surface area contributed by atoms with E-state index >= 15 is 0 Å². The van der Waals surface area contributed by atoms with Crippen LogP contribution in [-0.2, 0) is 11.3 Å². The van der Waals surface area contributed by atoms with Gasteiger partial charge in [0.05, 0.1) is 18.9 Å². The van der Waals surface area contributed by atoms with Crippen molar-refractivity contribution in [3.8, 4) is 11.3 Å². The minimum Gasteiger partial charge on any atom is -0.379 e. The maximum atomic E-state index is 5.54. The highest BCUT2D eigenvalue weighted by Gasteiger charge is 2.21. The molecule has 2 aliphatic heterocycles. The molecule has 0 radical (unpaired) electrons. The maximum absolute atomic E-state index is 5.54. The number of morpholine rings is 1. The van der Waals surface area contributed by atoms with Crippen LogP contribution in [0.4, 0.5) is 5.82 Å². The first-order chi connectivity index (χ1) is 15.3. The Morgan fingerprint density at radius 2 is 1.56 bits per heavy atom. The number of hydrogen-bond acceptors (Lipinski definition) is 5. The van der Waals surface area contributed by atoms with Crippen molar-refractivity contribution in [1.29, 1.82) is 0 Å². The molecule has 0 bridgehead atoms. The van der Waals surface area contributed by atoms with Crippen LogP contribution in [-0.4, -0.2) is 73.8 Å². The number of benzene rings is 2. The summed E-state index contributed by atoms with van der Waals surface area (Å²) in [6, 6.07) is 19.7. The van der Waals surface area contributed by atoms with Crippen molar-refractivity contribution >= 4 is 29.0 Å². The molecule has 0 atom stereocenters. The van der Waals surface area contributed by atoms with E-state index in [-0.39, 0.29) is 12.4 Å². The molecule has 32 heavy (non-hydrogen) atoms. The number of anilines is 1. The molecule has 0 saturated carbocycles. The lowest BCUT2D eigenvalue weighted by atomic mass is 10.0. The number of nitrogens with zero attached hydrogens (tertiary/aromatic N) is 4. The van der Waals surface area contributed by atoms with Crippen LogP contribution in [0.25, 0.3) is 22.0 Å². The zero-order chi connectivity index (χ0) is 21.0. The number of hydrogen-bond donors (Lipinski definition) is 0. The SMILES string of the molecule is CCN1CCN(c2nc(-c3ccccc3CN3CCOCC3)cc3ccccc23)CC1.Cl. The summed E-state index contributed by atoms with van der Waals surface area (Å²) >= 11 is 0. The molecule has 1 aromatic heterocycles. The lowest BCUT2D eigenvalue weighted by Crippen LogP contribution is -2.46. The highest BCUT2D eigenvalue weighted by molar-refractivity contribution is 5.95. The molecule has 5 nitrogen and oxygen atoms in total. The molecular formula is C26H33ClN4O. The first-order valence-electron chi connectivity index (χ1n) is 11.6. The van der Waals surface area contributed by atoms with Gasteiger partial charge in [-0.3, -0.25) is 4.90 Å². The summed E-state index contributed by atoms with van der Waals surface area (Å²) in [5, 5.41) is 2.52. The standard InChI is InChI=1S/C26H32N4O.ClH/c1-2-28-11-13-30(14-12-28)26-24-10-6-3-7-21(24)19-25(27-26)23-9-5-4-8-22(23)20-29-15-17-31-18-16-29;/h3-10,19H,2,11-18,20H2,1H3;1H. The van der Waals surface area contributed by atoms with E-state index in [9.17, 15) is 0 Å². The van der Waals surface area contributed by atoms with Crippen LogP contribution in [0, 0.1) is 0 Å². The summed E-state index contributed by atoms with van der Waals surface area (Å²) in [5.41, 5.74) is 3.66. The number of aromatic nitrogens is 1. The van der Waals surface area contributed by atoms with Crippen molar-refractivity contribution in [1.82, 2.24) is 14.8 Å². The summed E-state index contributed by atoms with van der Waals surface area (Å²) in [7, 11) is 0. The predicted molar refractivity (Wildman–Crippen MR) is 135 cm³/mol. The van der Waals surface area contributed by atoms with Crippen molar-refractivity contribution in [3.05, 3.63) is 60.2 Å². The number of rotatable bonds is 5. The Labute approximate surface area is 197 Å². The molecule has 3 aromatic rings. The Morgan fingerprint density at radius 3 is 2.34 bits per heavy atom. The Kier molecular flexibility index (Phi) is 7.63. The number of likely N-dealkylation sites (N-methyl/N-ethyl adjacent to an activating group) is 1. The molecule has 3 heterocycles. The maximum Gasteiger partial charge on any atom is 0.137 e. The van der Waals surface area contributed by atoms with E-state index < -0.39 is 0 Å². The predicted octanol–water partition coefficient (Wildman–Crippen LogP) is 4.30. The number of fused-ring (bicyclic) bond motifs is 1. The minimum atomic E-state index is 0. The fraction of sp³-hybridized carbons (Fsp3) is 0.423. The van der Waals surface area contributed by atoms with Crippen molar-refractivity contribution in [2.24, 2.45) is 0 Å². The minimum absolute atomic E-state index is 0. The van der Waals surface area contributed by atoms with Crippen LogP contribution in [0.1, 0.15) is 12.5 Å². The lowest BCUT2D eigenvalue weighted by molar-refractivity contribution is 0.0342. The fourth-order valence-electron chi connectivity index (χ4n) is 4.74. The van der Waals surface area contributed by atoms with Gasteiger partial charge >= 0.3 is 0 Å². The van der Waals surface area contributed by atoms with Crippen molar-refractivity contribution < 1.29 is 4.74 Å². The molecule has 170 valence electrons. The molecule has 0 aliphatic carbocycles. The second-order valence-electron chi connectivity index (χ2n) is 8.52. The average Bonchev–Trinajstić information content (AvgIpc) is 2.84. The second-order valence-corrected chi connectivity index (χ2v) is 8.52. The van der Waals surface area contributed by atoms with E-state index in [1.807, 2.05) is 0 Å². The third-order valence-corrected chi connectivity index (χ3v) is 6.63. The van der Waals surface area contributed by atoms with Gasteiger partial charge in [-0.05, 0) is 23.6 Å². The van der Waals surface area contributed by atoms with Gasteiger partial charge in [-0.1, -0.05) is 55.5 Å². The van der Waals surface area contributed by atoms with Gasteiger partial charge in [0.25, 0.3) is 0 Å². The Balaban J connectivity index is 0.00000245. The topological polar surface area (TPSA) is 31.8 Å². The van der Waals surface area contributed by atoms with Gasteiger partial charge in [0.1, 0.15) is 5.82 Å². The van der Waals surface area contributed by atoms with Crippen LogP contribution in [0.15, 0.2) is 54.6 Å². The first-order valence-corrected chi connectivity index (χ1v) is 11.6. The molecular weight excluding hydrogens is 420 g/mol. The van der Waals surface area contributed by atoms with E-state index in [1.165, 1.54) is 21.9 Å². The van der Waals surface area contributed by atoms with Crippen LogP contribution in [0.5, 0.6) is 0 Å². The number of ether oxygens (including phenoxy) is 1. The van der Waals surface area contributed by atoms with Gasteiger partial charge in [-0.15, -0.1) is 12.4 Å². The summed E-state index contributed by atoms with van der Waals surface area (Å²) < 4.78 is 5.54. The molecule has 2 aromatic carbocycles. The molecule has 0 spiro atoms. The highest BCUT2D eigenvalue weighted by Crippen LogP contribution is 2.32. The number of pyridine rings is 1. The molecule has 0 unspecified atom stereocenters. The van der Waals surface area contributed by atoms with Gasteiger partial charge in [-0.25, -0.2) is 4.98 Å². The zero-order valence-corrected chi connectivity index (χ0v) is 19.7. The smallest absolute Gasteiger partial charge is 0.137 e. The van der Waals surface area contributed by atoms with E-state index in [0.717, 1.165) is 77.1 Å². The largest absolute Gasteiger partial charge is 0.379 e. The summed E-state index contributed by atoms with van der Waals surface area (Å²) in [6.07, 6.45) is 0. The Morgan fingerprint density at radius 1 is 0.844 bits per heavy atom. The first kappa shape index (κ1) is 23.0. The van der Waals surface area contributed by atoms with Crippen molar-refractivity contribution in [2.45, 2.75) is 13.5 Å². The van der Waals surface area contributed by atoms with Crippen molar-refractivity contribution in [2.75, 3.05) is 63.9 Å². The number of halogens is 1. The van der Waals surface area contributed by atoms with Gasteiger partial charge < -0.3 is 14.5 Å². The van der Waals surface area contributed by atoms with E-state index in [4.69, 9.17) is 9.72 Å². The van der Waals surface area contributed by atoms with E-state index in [1.54, 1.807) is 0 Å². The van der Waals surface area contributed by atoms with Gasteiger partial charge in [0.15, 0.2) is 0 Å². The van der Waals surface area contributed by atoms with Crippen molar-refractivity contribution in [3.63, 3.8) is 0 Å². The highest BCUT2D eigenvalue weighted by atomic mass is 35.5. The van der Waals surface area contributed by atoms with Crippen LogP contribution < -0.4 is 4.90 Å². The quantitative estimate of drug-likeness (QED) is 0.576. The lowest BCUT2D eigenvalue weighted by Gasteiger charge is -2.35. The van der Waals surface area contributed by atoms with Gasteiger partial charge in [0.2, 0.25) is 0 Å². The monoisotopic (exact) mass is 452 g/mol. The zero-order valence-electron chi connectivity index (χ0n) is 18.9. The molecule has 2 fully saturated rings. The molecule has 0 N–H and O–H groups in total. The molecule has 2 aliphatic rings. The average molecular weight is 453 g/mol. The third-order valence-electron chi connectivity index (χ3n) is 6.63. The van der Waals surface area contributed by atoms with Gasteiger partial charge in [0, 0.05) is 56.8 Å². The Bertz CT molecular complexity index is 1030. The van der Waals surface area contributed by atoms with Crippen LogP contribution in [0.2, 0.25) is 0 Å². The summed E-state index contributed by atoms with van der Waals surface area (Å²) in [6.45, 7) is 12.2.